The van der Waals surface area contributed by atoms with Crippen LogP contribution in [-0.4, -0.2) is 19.3 Å². The van der Waals surface area contributed by atoms with Gasteiger partial charge in [0.25, 0.3) is 0 Å². The lowest BCUT2D eigenvalue weighted by atomic mass is 10.1. The summed E-state index contributed by atoms with van der Waals surface area (Å²) in [5, 5.41) is 5.18. The summed E-state index contributed by atoms with van der Waals surface area (Å²) in [6.07, 6.45) is 0.905. The molecule has 0 aliphatic rings. The van der Waals surface area contributed by atoms with Crippen LogP contribution in [0.15, 0.2) is 24.3 Å². The Hall–Kier alpha value is -1.59. The lowest BCUT2D eigenvalue weighted by Crippen LogP contribution is -2.05. The summed E-state index contributed by atoms with van der Waals surface area (Å²) in [4.78, 5) is 3.23. The Morgan fingerprint density at radius 1 is 1.30 bits per heavy atom. The second kappa shape index (κ2) is 5.07. The highest BCUT2D eigenvalue weighted by Gasteiger charge is 2.12. The number of aromatic amines is 1. The van der Waals surface area contributed by atoms with Gasteiger partial charge >= 0.3 is 0 Å². The molecule has 4 nitrogen and oxygen atoms in total. The van der Waals surface area contributed by atoms with Crippen LogP contribution >= 0.6 is 23.8 Å². The topological polar surface area (TPSA) is 38.5 Å². The number of imidazole rings is 1. The minimum Gasteiger partial charge on any atom is -0.328 e. The number of hydrogen-bond donors (Lipinski definition) is 1. The van der Waals surface area contributed by atoms with E-state index in [1.165, 1.54) is 5.56 Å². The molecule has 6 heteroatoms. The highest BCUT2D eigenvalue weighted by atomic mass is 35.5. The van der Waals surface area contributed by atoms with Gasteiger partial charge in [0.1, 0.15) is 5.52 Å². The third kappa shape index (κ3) is 2.27. The van der Waals surface area contributed by atoms with Crippen LogP contribution in [0.3, 0.4) is 0 Å². The van der Waals surface area contributed by atoms with E-state index >= 15 is 0 Å². The van der Waals surface area contributed by atoms with Crippen LogP contribution in [-0.2, 0) is 20.0 Å². The molecule has 2 aromatic heterocycles. The first-order valence-corrected chi connectivity index (χ1v) is 7.21. The first-order valence-electron chi connectivity index (χ1n) is 6.43. The molecule has 0 aliphatic carbocycles. The monoisotopic (exact) mass is 306 g/mol. The van der Waals surface area contributed by atoms with Crippen molar-refractivity contribution in [1.29, 1.82) is 0 Å². The lowest BCUT2D eigenvalue weighted by Gasteiger charge is -2.05. The molecule has 1 aromatic carbocycles. The van der Waals surface area contributed by atoms with Crippen LogP contribution in [0.25, 0.3) is 11.2 Å². The summed E-state index contributed by atoms with van der Waals surface area (Å²) in [7, 11) is 1.94. The van der Waals surface area contributed by atoms with E-state index in [2.05, 4.69) is 14.6 Å². The van der Waals surface area contributed by atoms with Crippen molar-refractivity contribution >= 4 is 35.0 Å². The van der Waals surface area contributed by atoms with Crippen molar-refractivity contribution in [2.75, 3.05) is 0 Å². The molecule has 0 saturated carbocycles. The van der Waals surface area contributed by atoms with Gasteiger partial charge in [0.2, 0.25) is 0 Å². The van der Waals surface area contributed by atoms with Gasteiger partial charge in [-0.1, -0.05) is 23.7 Å². The van der Waals surface area contributed by atoms with Gasteiger partial charge < -0.3 is 9.55 Å². The van der Waals surface area contributed by atoms with Crippen molar-refractivity contribution in [2.45, 2.75) is 19.9 Å². The molecule has 0 fully saturated rings. The molecule has 0 aliphatic heterocycles. The molecule has 104 valence electrons. The van der Waals surface area contributed by atoms with Crippen molar-refractivity contribution in [3.05, 3.63) is 45.3 Å². The zero-order chi connectivity index (χ0) is 14.3. The molecule has 1 N–H and O–H groups in total. The van der Waals surface area contributed by atoms with Crippen molar-refractivity contribution in [3.63, 3.8) is 0 Å². The number of halogens is 1. The van der Waals surface area contributed by atoms with E-state index in [0.717, 1.165) is 39.6 Å². The average Bonchev–Trinajstić information content (AvgIpc) is 2.88. The van der Waals surface area contributed by atoms with Crippen LogP contribution in [0.2, 0.25) is 5.02 Å². The van der Waals surface area contributed by atoms with E-state index in [4.69, 9.17) is 23.8 Å². The summed E-state index contributed by atoms with van der Waals surface area (Å²) in [6.45, 7) is 2.80. The molecule has 0 unspecified atom stereocenters. The van der Waals surface area contributed by atoms with Gasteiger partial charge in [-0.2, -0.15) is 5.10 Å². The van der Waals surface area contributed by atoms with Gasteiger partial charge in [-0.3, -0.25) is 4.68 Å². The summed E-state index contributed by atoms with van der Waals surface area (Å²) < 4.78 is 4.71. The highest BCUT2D eigenvalue weighted by Crippen LogP contribution is 2.18. The van der Waals surface area contributed by atoms with E-state index in [0.29, 0.717) is 0 Å². The van der Waals surface area contributed by atoms with Gasteiger partial charge in [0.05, 0.1) is 5.69 Å². The third-order valence-corrected chi connectivity index (χ3v) is 4.04. The molecule has 0 atom stereocenters. The lowest BCUT2D eigenvalue weighted by molar-refractivity contribution is 0.664. The summed E-state index contributed by atoms with van der Waals surface area (Å²) in [6, 6.07) is 7.92. The Morgan fingerprint density at radius 3 is 2.70 bits per heavy atom. The standard InChI is InChI=1S/C14H15ClN4S/c1-9-12-13(18(2)17-9)19(14(20)16-12)8-7-10-3-5-11(15)6-4-10/h3-6H,7-8H2,1-2H3,(H,16,20). The average molecular weight is 307 g/mol. The van der Waals surface area contributed by atoms with E-state index < -0.39 is 0 Å². The fourth-order valence-electron chi connectivity index (χ4n) is 2.47. The molecule has 3 aromatic rings. The smallest absolute Gasteiger partial charge is 0.179 e. The molecule has 0 radical (unpaired) electrons. The Bertz CT molecular complexity index is 810. The molecule has 0 spiro atoms. The van der Waals surface area contributed by atoms with E-state index in [9.17, 15) is 0 Å². The molecule has 2 heterocycles. The van der Waals surface area contributed by atoms with Gasteiger partial charge in [-0.05, 0) is 43.3 Å². The van der Waals surface area contributed by atoms with Crippen LogP contribution in [0.1, 0.15) is 11.3 Å². The van der Waals surface area contributed by atoms with Gasteiger partial charge in [0, 0.05) is 18.6 Å². The number of aryl methyl sites for hydroxylation is 4. The normalized spacial score (nSPS) is 11.3. The minimum atomic E-state index is 0.741. The highest BCUT2D eigenvalue weighted by molar-refractivity contribution is 7.71. The van der Waals surface area contributed by atoms with Crippen molar-refractivity contribution < 1.29 is 0 Å². The fourth-order valence-corrected chi connectivity index (χ4v) is 2.88. The number of nitrogens with zero attached hydrogens (tertiary/aromatic N) is 3. The summed E-state index contributed by atoms with van der Waals surface area (Å²) in [5.74, 6) is 0. The van der Waals surface area contributed by atoms with Crippen LogP contribution in [0.5, 0.6) is 0 Å². The summed E-state index contributed by atoms with van der Waals surface area (Å²) >= 11 is 11.3. The molecular formula is C14H15ClN4S. The number of rotatable bonds is 3. The summed E-state index contributed by atoms with van der Waals surface area (Å²) in [5.41, 5.74) is 4.28. The molecule has 20 heavy (non-hydrogen) atoms. The van der Waals surface area contributed by atoms with Gasteiger partial charge in [-0.15, -0.1) is 0 Å². The fraction of sp³-hybridized carbons (Fsp3) is 0.286. The minimum absolute atomic E-state index is 0.741. The maximum absolute atomic E-state index is 5.90. The first kappa shape index (κ1) is 13.4. The van der Waals surface area contributed by atoms with Crippen molar-refractivity contribution in [1.82, 2.24) is 19.3 Å². The van der Waals surface area contributed by atoms with Crippen molar-refractivity contribution in [2.24, 2.45) is 7.05 Å². The van der Waals surface area contributed by atoms with Crippen LogP contribution in [0.4, 0.5) is 0 Å². The molecule has 0 saturated heterocycles. The maximum Gasteiger partial charge on any atom is 0.179 e. The van der Waals surface area contributed by atoms with E-state index in [1.807, 2.05) is 42.9 Å². The number of nitrogens with one attached hydrogen (secondary N) is 1. The zero-order valence-electron chi connectivity index (χ0n) is 11.4. The second-order valence-corrected chi connectivity index (χ2v) is 5.69. The van der Waals surface area contributed by atoms with Gasteiger partial charge in [0.15, 0.2) is 10.4 Å². The number of benzene rings is 1. The van der Waals surface area contributed by atoms with E-state index in [-0.39, 0.29) is 0 Å². The Labute approximate surface area is 127 Å². The molecular weight excluding hydrogens is 292 g/mol. The number of hydrogen-bond acceptors (Lipinski definition) is 2. The molecule has 0 bridgehead atoms. The SMILES string of the molecule is Cc1nn(C)c2c1[nH]c(=S)n2CCc1ccc(Cl)cc1. The van der Waals surface area contributed by atoms with Crippen LogP contribution < -0.4 is 0 Å². The van der Waals surface area contributed by atoms with Crippen LogP contribution in [0, 0.1) is 11.7 Å². The second-order valence-electron chi connectivity index (χ2n) is 4.87. The largest absolute Gasteiger partial charge is 0.328 e. The third-order valence-electron chi connectivity index (χ3n) is 3.46. The zero-order valence-corrected chi connectivity index (χ0v) is 12.9. The predicted molar refractivity (Wildman–Crippen MR) is 83.8 cm³/mol. The van der Waals surface area contributed by atoms with Crippen molar-refractivity contribution in [3.8, 4) is 0 Å². The maximum atomic E-state index is 5.90. The quantitative estimate of drug-likeness (QED) is 0.750. The Kier molecular flexibility index (Phi) is 3.40. The molecule has 3 rings (SSSR count). The van der Waals surface area contributed by atoms with Gasteiger partial charge in [-0.25, -0.2) is 0 Å². The number of aromatic nitrogens is 4. The Balaban J connectivity index is 1.93. The molecule has 0 amide bonds. The number of fused-ring (bicyclic) bond motifs is 1. The number of H-pyrrole nitrogens is 1. The predicted octanol–water partition coefficient (Wildman–Crippen LogP) is 3.64. The first-order chi connectivity index (χ1) is 9.56. The Morgan fingerprint density at radius 2 is 2.00 bits per heavy atom. The van der Waals surface area contributed by atoms with E-state index in [1.54, 1.807) is 0 Å².